The first kappa shape index (κ1) is 47.8. The Morgan fingerprint density at radius 3 is 2.23 bits per heavy atom. The SMILES string of the molecule is CC[C@H]1OC(=O)[C@H](C)[C@@H](O[C@H]2C[C@@](C)(OC)[C@@](O)(c3ccccn3)[C@H](C)O2)[C@H](C)[C@@H](O[C@@H]2O[C@H](C)C[C@H](N(C)C)[C@H]2O)[C@](C)(O)C[C@@H](C)CN[C@H](C)[C@@H](O)[C@]1(C)O. The number of cyclic esters (lactones) is 1. The number of pyridine rings is 1. The quantitative estimate of drug-likeness (QED) is 0.209. The van der Waals surface area contributed by atoms with Crippen molar-refractivity contribution in [1.82, 2.24) is 15.2 Å². The Labute approximate surface area is 339 Å². The second-order valence-corrected chi connectivity index (χ2v) is 18.1. The molecule has 0 aliphatic carbocycles. The highest BCUT2D eigenvalue weighted by Gasteiger charge is 2.60. The molecule has 1 aromatic heterocycles. The number of hydrogen-bond donors (Lipinski definition) is 6. The third-order valence-corrected chi connectivity index (χ3v) is 13.1. The maximum atomic E-state index is 14.4. The molecule has 3 fully saturated rings. The Kier molecular flexibility index (Phi) is 15.8. The molecule has 3 aliphatic heterocycles. The lowest BCUT2D eigenvalue weighted by molar-refractivity contribution is -0.342. The monoisotopic (exact) mass is 812 g/mol. The van der Waals surface area contributed by atoms with Crippen molar-refractivity contribution in [2.75, 3.05) is 27.7 Å². The van der Waals surface area contributed by atoms with Gasteiger partial charge < -0.3 is 64.2 Å². The van der Waals surface area contributed by atoms with Crippen molar-refractivity contribution in [3.63, 3.8) is 0 Å². The van der Waals surface area contributed by atoms with Crippen LogP contribution in [0.25, 0.3) is 0 Å². The first-order valence-corrected chi connectivity index (χ1v) is 20.7. The van der Waals surface area contributed by atoms with Gasteiger partial charge in [0.1, 0.15) is 29.5 Å². The molecule has 18 atom stereocenters. The summed E-state index contributed by atoms with van der Waals surface area (Å²) >= 11 is 0. The van der Waals surface area contributed by atoms with E-state index in [0.29, 0.717) is 18.7 Å². The summed E-state index contributed by atoms with van der Waals surface area (Å²) in [5, 5.41) is 62.8. The molecule has 0 spiro atoms. The van der Waals surface area contributed by atoms with E-state index in [-0.39, 0.29) is 37.3 Å². The smallest absolute Gasteiger partial charge is 0.311 e. The van der Waals surface area contributed by atoms with E-state index < -0.39 is 95.5 Å². The number of carbonyl (C=O) groups is 1. The fourth-order valence-corrected chi connectivity index (χ4v) is 9.43. The van der Waals surface area contributed by atoms with Crippen molar-refractivity contribution in [3.8, 4) is 0 Å². The van der Waals surface area contributed by atoms with Crippen LogP contribution in [0.1, 0.15) is 101 Å². The van der Waals surface area contributed by atoms with Gasteiger partial charge in [-0.05, 0) is 106 Å². The van der Waals surface area contributed by atoms with Crippen molar-refractivity contribution >= 4 is 5.97 Å². The Bertz CT molecular complexity index is 1440. The summed E-state index contributed by atoms with van der Waals surface area (Å²) in [5.74, 6) is -2.75. The minimum atomic E-state index is -1.83. The predicted octanol–water partition coefficient (Wildman–Crippen LogP) is 2.48. The number of aliphatic hydroxyl groups excluding tert-OH is 2. The molecule has 15 heteroatoms. The molecule has 4 rings (SSSR count). The van der Waals surface area contributed by atoms with E-state index in [1.165, 1.54) is 14.0 Å². The second-order valence-electron chi connectivity index (χ2n) is 18.1. The number of nitrogens with one attached hydrogen (secondary N) is 1. The molecule has 15 nitrogen and oxygen atoms in total. The number of esters is 1. The Morgan fingerprint density at radius 1 is 0.982 bits per heavy atom. The van der Waals surface area contributed by atoms with Crippen LogP contribution in [-0.4, -0.2) is 153 Å². The summed E-state index contributed by atoms with van der Waals surface area (Å²) in [6.07, 6.45) is -6.44. The van der Waals surface area contributed by atoms with Crippen molar-refractivity contribution in [1.29, 1.82) is 0 Å². The molecule has 0 aromatic carbocycles. The van der Waals surface area contributed by atoms with E-state index in [4.69, 9.17) is 28.4 Å². The average molecular weight is 812 g/mol. The number of rotatable bonds is 8. The van der Waals surface area contributed by atoms with Crippen LogP contribution in [0.4, 0.5) is 0 Å². The van der Waals surface area contributed by atoms with E-state index >= 15 is 0 Å². The zero-order chi connectivity index (χ0) is 42.8. The van der Waals surface area contributed by atoms with Crippen LogP contribution in [0.2, 0.25) is 0 Å². The Morgan fingerprint density at radius 2 is 1.65 bits per heavy atom. The molecular formula is C42H73N3O12. The zero-order valence-electron chi connectivity index (χ0n) is 36.4. The highest BCUT2D eigenvalue weighted by Crippen LogP contribution is 2.47. The van der Waals surface area contributed by atoms with Gasteiger partial charge in [-0.3, -0.25) is 9.78 Å². The van der Waals surface area contributed by atoms with Crippen LogP contribution in [-0.2, 0) is 38.8 Å². The summed E-state index contributed by atoms with van der Waals surface area (Å²) in [6, 6.07) is 4.33. The maximum Gasteiger partial charge on any atom is 0.311 e. The number of aliphatic hydroxyl groups is 5. The topological polar surface area (TPSA) is 202 Å². The van der Waals surface area contributed by atoms with Gasteiger partial charge in [-0.25, -0.2) is 0 Å². The van der Waals surface area contributed by atoms with Gasteiger partial charge in [-0.15, -0.1) is 0 Å². The molecule has 0 amide bonds. The van der Waals surface area contributed by atoms with Crippen molar-refractivity contribution in [2.45, 2.75) is 185 Å². The molecule has 0 bridgehead atoms. The first-order chi connectivity index (χ1) is 26.4. The zero-order valence-corrected chi connectivity index (χ0v) is 36.4. The number of likely N-dealkylation sites (N-methyl/N-ethyl adjacent to an activating group) is 1. The largest absolute Gasteiger partial charge is 0.459 e. The van der Waals surface area contributed by atoms with Gasteiger partial charge in [0.05, 0.1) is 41.6 Å². The van der Waals surface area contributed by atoms with Gasteiger partial charge in [0.15, 0.2) is 18.2 Å². The van der Waals surface area contributed by atoms with Crippen LogP contribution in [0.15, 0.2) is 24.4 Å². The van der Waals surface area contributed by atoms with Crippen LogP contribution < -0.4 is 5.32 Å². The molecule has 57 heavy (non-hydrogen) atoms. The molecular weight excluding hydrogens is 738 g/mol. The average Bonchev–Trinajstić information content (AvgIpc) is 3.15. The number of hydrogen-bond acceptors (Lipinski definition) is 15. The number of methoxy groups -OCH3 is 1. The van der Waals surface area contributed by atoms with Gasteiger partial charge in [0.2, 0.25) is 0 Å². The lowest BCUT2D eigenvalue weighted by Crippen LogP contribution is -2.65. The molecule has 328 valence electrons. The second kappa shape index (κ2) is 18.8. The van der Waals surface area contributed by atoms with Gasteiger partial charge >= 0.3 is 5.97 Å². The summed E-state index contributed by atoms with van der Waals surface area (Å²) in [6.45, 7) is 17.8. The van der Waals surface area contributed by atoms with E-state index in [0.717, 1.165) is 0 Å². The fraction of sp³-hybridized carbons (Fsp3) is 0.857. The van der Waals surface area contributed by atoms with E-state index in [9.17, 15) is 30.3 Å². The van der Waals surface area contributed by atoms with E-state index in [2.05, 4.69) is 10.3 Å². The van der Waals surface area contributed by atoms with Gasteiger partial charge in [-0.1, -0.05) is 26.8 Å². The number of carbonyl (C=O) groups excluding carboxylic acids is 1. The fourth-order valence-electron chi connectivity index (χ4n) is 9.43. The third kappa shape index (κ3) is 10.0. The lowest BCUT2D eigenvalue weighted by atomic mass is 9.73. The van der Waals surface area contributed by atoms with E-state index in [1.54, 1.807) is 65.9 Å². The number of nitrogens with zero attached hydrogens (tertiary/aromatic N) is 2. The van der Waals surface area contributed by atoms with Gasteiger partial charge in [-0.2, -0.15) is 0 Å². The molecule has 0 saturated carbocycles. The van der Waals surface area contributed by atoms with Gasteiger partial charge in [0.25, 0.3) is 0 Å². The predicted molar refractivity (Wildman–Crippen MR) is 212 cm³/mol. The van der Waals surface area contributed by atoms with Crippen LogP contribution >= 0.6 is 0 Å². The van der Waals surface area contributed by atoms with E-state index in [1.807, 2.05) is 39.8 Å². The molecule has 3 aliphatic rings. The summed E-state index contributed by atoms with van der Waals surface area (Å²) in [7, 11) is 5.26. The number of aromatic nitrogens is 1. The Hall–Kier alpha value is -1.86. The molecule has 4 heterocycles. The standard InChI is InChI=1S/C42H73N3O12/c1-14-31-41(10,50)35(47)27(6)44-22-23(2)20-39(8,49)36(57-38-33(46)29(45(11)12)19-24(3)53-38)25(4)34(26(5)37(48)55-31)56-32-21-40(9,52-13)42(51,28(7)54-32)30-17-15-16-18-43-30/h15-18,23-29,31-36,38,44,46-47,49-51H,14,19-22H2,1-13H3/t23-,24-,25+,26-,27-,28+,29+,31-,32+,33-,34+,35-,36-,38+,39-,40-,41-,42+/m1/s1. The third-order valence-electron chi connectivity index (χ3n) is 13.1. The van der Waals surface area contributed by atoms with Crippen LogP contribution in [0.5, 0.6) is 0 Å². The molecule has 1 aromatic rings. The summed E-state index contributed by atoms with van der Waals surface area (Å²) in [4.78, 5) is 20.7. The number of ether oxygens (including phenoxy) is 6. The lowest BCUT2D eigenvalue weighted by Gasteiger charge is -2.53. The minimum absolute atomic E-state index is 0.0133. The summed E-state index contributed by atoms with van der Waals surface area (Å²) in [5.41, 5.74) is -6.03. The summed E-state index contributed by atoms with van der Waals surface area (Å²) < 4.78 is 38.4. The molecule has 0 unspecified atom stereocenters. The molecule has 3 saturated heterocycles. The van der Waals surface area contributed by atoms with Crippen LogP contribution in [0.3, 0.4) is 0 Å². The van der Waals surface area contributed by atoms with Gasteiger partial charge in [0, 0.05) is 37.7 Å². The van der Waals surface area contributed by atoms with Crippen molar-refractivity contribution in [2.24, 2.45) is 17.8 Å². The van der Waals surface area contributed by atoms with Crippen molar-refractivity contribution in [3.05, 3.63) is 30.1 Å². The maximum absolute atomic E-state index is 14.4. The highest BCUT2D eigenvalue weighted by atomic mass is 16.7. The minimum Gasteiger partial charge on any atom is -0.459 e. The first-order valence-electron chi connectivity index (χ1n) is 20.7. The highest BCUT2D eigenvalue weighted by molar-refractivity contribution is 5.73. The Balaban J connectivity index is 1.82. The van der Waals surface area contributed by atoms with Crippen molar-refractivity contribution < 1.29 is 58.7 Å². The van der Waals surface area contributed by atoms with Crippen LogP contribution in [0, 0.1) is 17.8 Å². The molecule has 0 radical (unpaired) electrons. The molecule has 6 N–H and O–H groups in total. The normalized spacial score (nSPS) is 47.2.